The van der Waals surface area contributed by atoms with Crippen LogP contribution in [0.3, 0.4) is 0 Å². The second kappa shape index (κ2) is 6.28. The van der Waals surface area contributed by atoms with Gasteiger partial charge in [-0.2, -0.15) is 0 Å². The molecule has 0 fully saturated rings. The van der Waals surface area contributed by atoms with Gasteiger partial charge in [-0.25, -0.2) is 17.9 Å². The van der Waals surface area contributed by atoms with Gasteiger partial charge in [0, 0.05) is 12.6 Å². The number of ether oxygens (including phenoxy) is 1. The standard InChI is InChI=1S/C10H16N2O4S2/c1-7(11-2)6-12-18(14,15)8-4-5-17-9(8)10(13)16-3/h4-5,7,11-12H,6H2,1-3H3. The molecule has 6 nitrogen and oxygen atoms in total. The molecule has 0 saturated carbocycles. The van der Waals surface area contributed by atoms with Gasteiger partial charge in [0.25, 0.3) is 0 Å². The molecule has 0 aliphatic heterocycles. The van der Waals surface area contributed by atoms with Crippen molar-refractivity contribution in [2.45, 2.75) is 17.9 Å². The predicted molar refractivity (Wildman–Crippen MR) is 69.4 cm³/mol. The Kier molecular flexibility index (Phi) is 5.27. The van der Waals surface area contributed by atoms with E-state index in [0.717, 1.165) is 11.3 Å². The number of rotatable bonds is 6. The van der Waals surface area contributed by atoms with Gasteiger partial charge in [0.15, 0.2) is 0 Å². The minimum Gasteiger partial charge on any atom is -0.465 e. The fraction of sp³-hybridized carbons (Fsp3) is 0.500. The Morgan fingerprint density at radius 1 is 1.56 bits per heavy atom. The molecule has 1 rings (SSSR count). The van der Waals surface area contributed by atoms with E-state index >= 15 is 0 Å². The first-order chi connectivity index (χ1) is 8.42. The Bertz CT molecular complexity index is 510. The predicted octanol–water partition coefficient (Wildman–Crippen LogP) is 0.421. The van der Waals surface area contributed by atoms with E-state index < -0.39 is 16.0 Å². The maximum atomic E-state index is 12.0. The lowest BCUT2D eigenvalue weighted by atomic mass is 10.4. The van der Waals surface area contributed by atoms with Gasteiger partial charge in [-0.05, 0) is 25.4 Å². The zero-order valence-corrected chi connectivity index (χ0v) is 12.0. The Balaban J connectivity index is 2.92. The molecule has 1 atom stereocenters. The van der Waals surface area contributed by atoms with Crippen LogP contribution in [0.5, 0.6) is 0 Å². The SMILES string of the molecule is CNC(C)CNS(=O)(=O)c1ccsc1C(=O)OC. The number of esters is 1. The lowest BCUT2D eigenvalue weighted by molar-refractivity contribution is 0.0602. The van der Waals surface area contributed by atoms with E-state index in [1.807, 2.05) is 6.92 Å². The third kappa shape index (κ3) is 3.52. The van der Waals surface area contributed by atoms with Crippen LogP contribution in [-0.2, 0) is 14.8 Å². The minimum atomic E-state index is -3.69. The molecule has 0 spiro atoms. The molecule has 0 aliphatic rings. The quantitative estimate of drug-likeness (QED) is 0.742. The zero-order chi connectivity index (χ0) is 13.8. The highest BCUT2D eigenvalue weighted by Gasteiger charge is 2.24. The first-order valence-electron chi connectivity index (χ1n) is 5.25. The van der Waals surface area contributed by atoms with E-state index in [9.17, 15) is 13.2 Å². The summed E-state index contributed by atoms with van der Waals surface area (Å²) in [6.07, 6.45) is 0. The van der Waals surface area contributed by atoms with Crippen molar-refractivity contribution in [1.82, 2.24) is 10.0 Å². The normalized spacial score (nSPS) is 13.3. The van der Waals surface area contributed by atoms with Crippen LogP contribution in [0.4, 0.5) is 0 Å². The number of hydrogen-bond donors (Lipinski definition) is 2. The van der Waals surface area contributed by atoms with Crippen LogP contribution in [0, 0.1) is 0 Å². The molecule has 2 N–H and O–H groups in total. The summed E-state index contributed by atoms with van der Waals surface area (Å²) in [6, 6.07) is 1.39. The molecule has 18 heavy (non-hydrogen) atoms. The Hall–Kier alpha value is -0.960. The zero-order valence-electron chi connectivity index (χ0n) is 10.4. The van der Waals surface area contributed by atoms with E-state index in [-0.39, 0.29) is 22.4 Å². The number of sulfonamides is 1. The van der Waals surface area contributed by atoms with Crippen molar-refractivity contribution in [1.29, 1.82) is 0 Å². The lowest BCUT2D eigenvalue weighted by Crippen LogP contribution is -2.37. The summed E-state index contributed by atoms with van der Waals surface area (Å²) in [5.41, 5.74) is 0. The first kappa shape index (κ1) is 15.1. The van der Waals surface area contributed by atoms with Crippen molar-refractivity contribution in [3.05, 3.63) is 16.3 Å². The second-order valence-corrected chi connectivity index (χ2v) is 6.30. The number of nitrogens with one attached hydrogen (secondary N) is 2. The molecule has 0 saturated heterocycles. The summed E-state index contributed by atoms with van der Waals surface area (Å²) >= 11 is 1.04. The van der Waals surface area contributed by atoms with E-state index in [1.165, 1.54) is 13.2 Å². The van der Waals surface area contributed by atoms with Crippen LogP contribution in [0.2, 0.25) is 0 Å². The summed E-state index contributed by atoms with van der Waals surface area (Å²) in [6.45, 7) is 2.09. The molecular formula is C10H16N2O4S2. The Morgan fingerprint density at radius 3 is 2.78 bits per heavy atom. The van der Waals surface area contributed by atoms with Gasteiger partial charge in [0.1, 0.15) is 9.77 Å². The van der Waals surface area contributed by atoms with E-state index in [4.69, 9.17) is 0 Å². The van der Waals surface area contributed by atoms with Crippen LogP contribution < -0.4 is 10.0 Å². The Labute approximate surface area is 110 Å². The summed E-state index contributed by atoms with van der Waals surface area (Å²) in [4.78, 5) is 11.5. The van der Waals surface area contributed by atoms with Crippen molar-refractivity contribution in [3.8, 4) is 0 Å². The molecule has 102 valence electrons. The molecule has 1 unspecified atom stereocenters. The number of methoxy groups -OCH3 is 1. The molecule has 0 radical (unpaired) electrons. The largest absolute Gasteiger partial charge is 0.465 e. The third-order valence-corrected chi connectivity index (χ3v) is 4.85. The summed E-state index contributed by atoms with van der Waals surface area (Å²) in [5.74, 6) is -0.646. The highest BCUT2D eigenvalue weighted by molar-refractivity contribution is 7.89. The molecule has 0 bridgehead atoms. The van der Waals surface area contributed by atoms with E-state index in [0.29, 0.717) is 0 Å². The topological polar surface area (TPSA) is 84.5 Å². The van der Waals surface area contributed by atoms with Crippen LogP contribution in [0.15, 0.2) is 16.3 Å². The highest BCUT2D eigenvalue weighted by atomic mass is 32.2. The molecule has 1 aromatic rings. The fourth-order valence-corrected chi connectivity index (χ4v) is 3.63. The highest BCUT2D eigenvalue weighted by Crippen LogP contribution is 2.22. The molecule has 0 aliphatic carbocycles. The van der Waals surface area contributed by atoms with Crippen molar-refractivity contribution in [3.63, 3.8) is 0 Å². The van der Waals surface area contributed by atoms with Gasteiger partial charge in [-0.1, -0.05) is 0 Å². The fourth-order valence-electron chi connectivity index (χ4n) is 1.17. The molecular weight excluding hydrogens is 276 g/mol. The van der Waals surface area contributed by atoms with Crippen LogP contribution in [0.1, 0.15) is 16.6 Å². The van der Waals surface area contributed by atoms with E-state index in [2.05, 4.69) is 14.8 Å². The van der Waals surface area contributed by atoms with Crippen LogP contribution >= 0.6 is 11.3 Å². The number of likely N-dealkylation sites (N-methyl/N-ethyl adjacent to an activating group) is 1. The Morgan fingerprint density at radius 2 is 2.22 bits per heavy atom. The van der Waals surface area contributed by atoms with E-state index in [1.54, 1.807) is 12.4 Å². The molecule has 8 heteroatoms. The lowest BCUT2D eigenvalue weighted by Gasteiger charge is -2.11. The molecule has 0 aromatic carbocycles. The van der Waals surface area contributed by atoms with Gasteiger partial charge in [0.05, 0.1) is 7.11 Å². The molecule has 1 aromatic heterocycles. The average molecular weight is 292 g/mol. The van der Waals surface area contributed by atoms with Crippen molar-refractivity contribution >= 4 is 27.3 Å². The summed E-state index contributed by atoms with van der Waals surface area (Å²) in [5, 5.41) is 4.46. The number of carbonyl (C=O) groups is 1. The van der Waals surface area contributed by atoms with Crippen LogP contribution in [-0.4, -0.2) is 41.1 Å². The average Bonchev–Trinajstić information content (AvgIpc) is 2.85. The molecule has 1 heterocycles. The number of hydrogen-bond acceptors (Lipinski definition) is 6. The van der Waals surface area contributed by atoms with Crippen molar-refractivity contribution < 1.29 is 17.9 Å². The first-order valence-corrected chi connectivity index (χ1v) is 7.61. The van der Waals surface area contributed by atoms with Crippen molar-refractivity contribution in [2.75, 3.05) is 20.7 Å². The number of thiophene rings is 1. The third-order valence-electron chi connectivity index (χ3n) is 2.36. The van der Waals surface area contributed by atoms with Crippen LogP contribution in [0.25, 0.3) is 0 Å². The smallest absolute Gasteiger partial charge is 0.349 e. The summed E-state index contributed by atoms with van der Waals surface area (Å²) in [7, 11) is -0.732. The van der Waals surface area contributed by atoms with Gasteiger partial charge in [-0.15, -0.1) is 11.3 Å². The second-order valence-electron chi connectivity index (χ2n) is 3.65. The maximum Gasteiger partial charge on any atom is 0.349 e. The van der Waals surface area contributed by atoms with Crippen molar-refractivity contribution in [2.24, 2.45) is 0 Å². The summed E-state index contributed by atoms with van der Waals surface area (Å²) < 4.78 is 31.0. The van der Waals surface area contributed by atoms with Gasteiger partial charge < -0.3 is 10.1 Å². The van der Waals surface area contributed by atoms with Gasteiger partial charge in [-0.3, -0.25) is 0 Å². The van der Waals surface area contributed by atoms with Gasteiger partial charge in [0.2, 0.25) is 10.0 Å². The monoisotopic (exact) mass is 292 g/mol. The maximum absolute atomic E-state index is 12.0. The number of carbonyl (C=O) groups excluding carboxylic acids is 1. The molecule has 0 amide bonds. The minimum absolute atomic E-state index is 0.0000117. The van der Waals surface area contributed by atoms with Gasteiger partial charge >= 0.3 is 5.97 Å².